The van der Waals surface area contributed by atoms with Crippen molar-refractivity contribution >= 4 is 17.3 Å². The summed E-state index contributed by atoms with van der Waals surface area (Å²) in [5.74, 6) is 0.913. The van der Waals surface area contributed by atoms with Crippen molar-refractivity contribution in [2.24, 2.45) is 5.92 Å². The Morgan fingerprint density at radius 3 is 2.60 bits per heavy atom. The summed E-state index contributed by atoms with van der Waals surface area (Å²) >= 11 is 6.17. The maximum Gasteiger partial charge on any atom is 0.0412 e. The Balaban J connectivity index is 2.10. The largest absolute Gasteiger partial charge is 0.371 e. The summed E-state index contributed by atoms with van der Waals surface area (Å²) in [6, 6.07) is 6.80. The molecule has 1 aliphatic heterocycles. The summed E-state index contributed by atoms with van der Waals surface area (Å²) in [6.07, 6.45) is 3.95. The van der Waals surface area contributed by atoms with Crippen LogP contribution in [0.3, 0.4) is 0 Å². The third-order valence-corrected chi connectivity index (χ3v) is 4.51. The van der Waals surface area contributed by atoms with Crippen molar-refractivity contribution in [3.05, 3.63) is 28.8 Å². The van der Waals surface area contributed by atoms with E-state index >= 15 is 0 Å². The van der Waals surface area contributed by atoms with Gasteiger partial charge in [-0.3, -0.25) is 0 Å². The van der Waals surface area contributed by atoms with Gasteiger partial charge in [0.2, 0.25) is 0 Å². The van der Waals surface area contributed by atoms with Crippen LogP contribution < -0.4 is 10.2 Å². The summed E-state index contributed by atoms with van der Waals surface area (Å²) in [7, 11) is 0. The number of nitrogens with one attached hydrogen (secondary N) is 1. The van der Waals surface area contributed by atoms with Gasteiger partial charge < -0.3 is 10.2 Å². The van der Waals surface area contributed by atoms with E-state index in [1.54, 1.807) is 0 Å². The van der Waals surface area contributed by atoms with Gasteiger partial charge in [0.15, 0.2) is 0 Å². The maximum atomic E-state index is 6.17. The lowest BCUT2D eigenvalue weighted by molar-refractivity contribution is 0.394. The first-order valence-corrected chi connectivity index (χ1v) is 8.24. The van der Waals surface area contributed by atoms with E-state index in [9.17, 15) is 0 Å². The molecular formula is C17H27ClN2. The highest BCUT2D eigenvalue weighted by molar-refractivity contribution is 6.30. The zero-order valence-corrected chi connectivity index (χ0v) is 13.7. The van der Waals surface area contributed by atoms with Gasteiger partial charge in [-0.15, -0.1) is 0 Å². The smallest absolute Gasteiger partial charge is 0.0412 e. The van der Waals surface area contributed by atoms with E-state index in [0.717, 1.165) is 17.5 Å². The number of rotatable bonds is 5. The van der Waals surface area contributed by atoms with Gasteiger partial charge in [-0.2, -0.15) is 0 Å². The molecule has 0 aromatic heterocycles. The van der Waals surface area contributed by atoms with Crippen molar-refractivity contribution in [2.75, 3.05) is 18.0 Å². The summed E-state index contributed by atoms with van der Waals surface area (Å²) in [4.78, 5) is 2.53. The molecule has 1 N–H and O–H groups in total. The monoisotopic (exact) mass is 294 g/mol. The maximum absolute atomic E-state index is 6.17. The topological polar surface area (TPSA) is 15.3 Å². The summed E-state index contributed by atoms with van der Waals surface area (Å²) in [5.41, 5.74) is 2.68. The van der Waals surface area contributed by atoms with Crippen molar-refractivity contribution in [1.29, 1.82) is 0 Å². The summed E-state index contributed by atoms with van der Waals surface area (Å²) < 4.78 is 0. The number of halogens is 1. The zero-order chi connectivity index (χ0) is 14.5. The van der Waals surface area contributed by atoms with E-state index in [2.05, 4.69) is 43.1 Å². The number of hydrogen-bond donors (Lipinski definition) is 1. The second kappa shape index (κ2) is 7.33. The van der Waals surface area contributed by atoms with Crippen LogP contribution in [0.1, 0.15) is 45.6 Å². The van der Waals surface area contributed by atoms with Crippen molar-refractivity contribution < 1.29 is 0 Å². The minimum Gasteiger partial charge on any atom is -0.371 e. The first kappa shape index (κ1) is 15.7. The number of anilines is 1. The van der Waals surface area contributed by atoms with Crippen molar-refractivity contribution in [1.82, 2.24) is 5.32 Å². The van der Waals surface area contributed by atoms with E-state index in [1.807, 2.05) is 6.07 Å². The quantitative estimate of drug-likeness (QED) is 0.862. The van der Waals surface area contributed by atoms with Crippen LogP contribution in [-0.4, -0.2) is 19.1 Å². The van der Waals surface area contributed by atoms with Gasteiger partial charge in [-0.05, 0) is 42.5 Å². The Morgan fingerprint density at radius 1 is 1.30 bits per heavy atom. The van der Waals surface area contributed by atoms with Gasteiger partial charge in [0.1, 0.15) is 0 Å². The lowest BCUT2D eigenvalue weighted by atomic mass is 9.93. The van der Waals surface area contributed by atoms with Gasteiger partial charge in [-0.1, -0.05) is 38.8 Å². The molecule has 1 saturated heterocycles. The lowest BCUT2D eigenvalue weighted by Crippen LogP contribution is -2.34. The molecule has 3 heteroatoms. The third-order valence-electron chi connectivity index (χ3n) is 4.27. The molecular weight excluding hydrogens is 268 g/mol. The molecule has 1 heterocycles. The van der Waals surface area contributed by atoms with Crippen LogP contribution in [-0.2, 0) is 6.54 Å². The SMILES string of the molecule is CCC1CCN(c2ccc(Cl)cc2CNC(C)C)CC1. The predicted octanol–water partition coefficient (Wildman–Crippen LogP) is 4.46. The molecule has 0 saturated carbocycles. The third kappa shape index (κ3) is 4.13. The Morgan fingerprint density at radius 2 is 2.00 bits per heavy atom. The molecule has 112 valence electrons. The number of nitrogens with zero attached hydrogens (tertiary/aromatic N) is 1. The molecule has 0 unspecified atom stereocenters. The first-order valence-electron chi connectivity index (χ1n) is 7.87. The molecule has 0 spiro atoms. The molecule has 20 heavy (non-hydrogen) atoms. The van der Waals surface area contributed by atoms with Crippen LogP contribution in [0.4, 0.5) is 5.69 Å². The van der Waals surface area contributed by atoms with Gasteiger partial charge in [0.05, 0.1) is 0 Å². The summed E-state index contributed by atoms with van der Waals surface area (Å²) in [5, 5.41) is 4.33. The van der Waals surface area contributed by atoms with Crippen LogP contribution in [0.5, 0.6) is 0 Å². The van der Waals surface area contributed by atoms with E-state index in [1.165, 1.54) is 43.6 Å². The van der Waals surface area contributed by atoms with Crippen LogP contribution in [0, 0.1) is 5.92 Å². The van der Waals surface area contributed by atoms with E-state index < -0.39 is 0 Å². The zero-order valence-electron chi connectivity index (χ0n) is 13.0. The average Bonchev–Trinajstić information content (AvgIpc) is 2.45. The van der Waals surface area contributed by atoms with Gasteiger partial charge >= 0.3 is 0 Å². The molecule has 0 amide bonds. The summed E-state index contributed by atoms with van der Waals surface area (Å²) in [6.45, 7) is 9.90. The molecule has 1 aromatic carbocycles. The molecule has 1 fully saturated rings. The van der Waals surface area contributed by atoms with Gasteiger partial charge in [-0.25, -0.2) is 0 Å². The normalized spacial score (nSPS) is 16.9. The number of piperidine rings is 1. The molecule has 2 nitrogen and oxygen atoms in total. The first-order chi connectivity index (χ1) is 9.60. The van der Waals surface area contributed by atoms with Crippen LogP contribution in [0.2, 0.25) is 5.02 Å². The lowest BCUT2D eigenvalue weighted by Gasteiger charge is -2.34. The highest BCUT2D eigenvalue weighted by Crippen LogP contribution is 2.29. The van der Waals surface area contributed by atoms with E-state index in [0.29, 0.717) is 6.04 Å². The fourth-order valence-electron chi connectivity index (χ4n) is 2.90. The molecule has 0 atom stereocenters. The minimum atomic E-state index is 0.493. The fraction of sp³-hybridized carbons (Fsp3) is 0.647. The second-order valence-corrected chi connectivity index (χ2v) is 6.58. The Hall–Kier alpha value is -0.730. The second-order valence-electron chi connectivity index (χ2n) is 6.15. The molecule has 0 radical (unpaired) electrons. The van der Waals surface area contributed by atoms with Crippen molar-refractivity contribution in [2.45, 2.75) is 52.6 Å². The number of benzene rings is 1. The van der Waals surface area contributed by atoms with Crippen LogP contribution in [0.25, 0.3) is 0 Å². The molecule has 1 aliphatic rings. The highest BCUT2D eigenvalue weighted by atomic mass is 35.5. The van der Waals surface area contributed by atoms with Crippen LogP contribution in [0.15, 0.2) is 18.2 Å². The van der Waals surface area contributed by atoms with Crippen LogP contribution >= 0.6 is 11.6 Å². The molecule has 0 aliphatic carbocycles. The van der Waals surface area contributed by atoms with E-state index in [-0.39, 0.29) is 0 Å². The van der Waals surface area contributed by atoms with Gasteiger partial charge in [0.25, 0.3) is 0 Å². The minimum absolute atomic E-state index is 0.493. The standard InChI is InChI=1S/C17H27ClN2/c1-4-14-7-9-20(10-8-14)17-6-5-16(18)11-15(17)12-19-13(2)3/h5-6,11,13-14,19H,4,7-10,12H2,1-3H3. The predicted molar refractivity (Wildman–Crippen MR) is 88.7 cm³/mol. The molecule has 1 aromatic rings. The molecule has 2 rings (SSSR count). The Labute approximate surface area is 128 Å². The van der Waals surface area contributed by atoms with Crippen molar-refractivity contribution in [3.8, 4) is 0 Å². The fourth-order valence-corrected chi connectivity index (χ4v) is 3.10. The molecule has 0 bridgehead atoms. The Bertz CT molecular complexity index is 423. The average molecular weight is 295 g/mol. The number of hydrogen-bond acceptors (Lipinski definition) is 2. The Kier molecular flexibility index (Phi) is 5.74. The van der Waals surface area contributed by atoms with E-state index in [4.69, 9.17) is 11.6 Å². The highest BCUT2D eigenvalue weighted by Gasteiger charge is 2.20. The van der Waals surface area contributed by atoms with Gasteiger partial charge in [0, 0.05) is 36.4 Å². The van der Waals surface area contributed by atoms with Crippen molar-refractivity contribution in [3.63, 3.8) is 0 Å².